The molecule has 18 heavy (non-hydrogen) atoms. The first-order valence-electron chi connectivity index (χ1n) is 6.10. The van der Waals surface area contributed by atoms with E-state index < -0.39 is 0 Å². The van der Waals surface area contributed by atoms with E-state index in [9.17, 15) is 0 Å². The number of nitrogens with zero attached hydrogens (tertiary/aromatic N) is 2. The summed E-state index contributed by atoms with van der Waals surface area (Å²) in [6, 6.07) is 6.97. The molecule has 1 saturated heterocycles. The van der Waals surface area contributed by atoms with Crippen LogP contribution in [0.3, 0.4) is 0 Å². The fourth-order valence-electron chi connectivity index (χ4n) is 2.44. The number of ether oxygens (including phenoxy) is 1. The SMILES string of the molecule is BrCc1ccc2c(c1)c(Br)nn2C1CCOCC1. The Morgan fingerprint density at radius 2 is 2.11 bits per heavy atom. The molecule has 1 aromatic carbocycles. The van der Waals surface area contributed by atoms with Crippen molar-refractivity contribution in [3.63, 3.8) is 0 Å². The molecule has 0 unspecified atom stereocenters. The van der Waals surface area contributed by atoms with E-state index in [4.69, 9.17) is 4.74 Å². The van der Waals surface area contributed by atoms with Gasteiger partial charge in [-0.05, 0) is 46.5 Å². The van der Waals surface area contributed by atoms with E-state index in [0.29, 0.717) is 6.04 Å². The second kappa shape index (κ2) is 5.31. The van der Waals surface area contributed by atoms with Gasteiger partial charge in [0.2, 0.25) is 0 Å². The highest BCUT2D eigenvalue weighted by Gasteiger charge is 2.20. The molecular formula is C13H14Br2N2O. The van der Waals surface area contributed by atoms with Gasteiger partial charge < -0.3 is 4.74 Å². The topological polar surface area (TPSA) is 27.1 Å². The fraction of sp³-hybridized carbons (Fsp3) is 0.462. The average molecular weight is 374 g/mol. The van der Waals surface area contributed by atoms with Crippen molar-refractivity contribution in [2.45, 2.75) is 24.2 Å². The maximum absolute atomic E-state index is 5.42. The minimum Gasteiger partial charge on any atom is -0.381 e. The summed E-state index contributed by atoms with van der Waals surface area (Å²) < 4.78 is 8.51. The van der Waals surface area contributed by atoms with E-state index in [1.807, 2.05) is 0 Å². The summed E-state index contributed by atoms with van der Waals surface area (Å²) in [7, 11) is 0. The average Bonchev–Trinajstić information content (AvgIpc) is 2.77. The molecule has 0 aliphatic carbocycles. The minimum atomic E-state index is 0.461. The Morgan fingerprint density at radius 3 is 2.83 bits per heavy atom. The fourth-order valence-corrected chi connectivity index (χ4v) is 3.28. The van der Waals surface area contributed by atoms with Gasteiger partial charge in [-0.15, -0.1) is 0 Å². The van der Waals surface area contributed by atoms with Gasteiger partial charge in [0.25, 0.3) is 0 Å². The number of halogens is 2. The molecule has 96 valence electrons. The van der Waals surface area contributed by atoms with Crippen LogP contribution in [-0.2, 0) is 10.1 Å². The second-order valence-electron chi connectivity index (χ2n) is 4.56. The number of benzene rings is 1. The molecule has 3 rings (SSSR count). The highest BCUT2D eigenvalue weighted by molar-refractivity contribution is 9.10. The smallest absolute Gasteiger partial charge is 0.136 e. The van der Waals surface area contributed by atoms with Crippen LogP contribution in [0.1, 0.15) is 24.4 Å². The van der Waals surface area contributed by atoms with Crippen LogP contribution >= 0.6 is 31.9 Å². The molecule has 0 radical (unpaired) electrons. The maximum atomic E-state index is 5.42. The van der Waals surface area contributed by atoms with Crippen molar-refractivity contribution in [2.75, 3.05) is 13.2 Å². The standard InChI is InChI=1S/C13H14Br2N2O/c14-8-9-1-2-12-11(7-9)13(15)16-17(12)10-3-5-18-6-4-10/h1-2,7,10H,3-6,8H2. The van der Waals surface area contributed by atoms with Crippen LogP contribution in [0.25, 0.3) is 10.9 Å². The monoisotopic (exact) mass is 372 g/mol. The number of rotatable bonds is 2. The number of aromatic nitrogens is 2. The molecule has 3 nitrogen and oxygen atoms in total. The Morgan fingerprint density at radius 1 is 1.33 bits per heavy atom. The Balaban J connectivity index is 2.07. The molecule has 0 saturated carbocycles. The highest BCUT2D eigenvalue weighted by atomic mass is 79.9. The summed E-state index contributed by atoms with van der Waals surface area (Å²) in [5.41, 5.74) is 2.48. The Labute approximate surface area is 123 Å². The molecule has 1 fully saturated rings. The molecule has 0 spiro atoms. The molecule has 0 atom stereocenters. The number of hydrogen-bond acceptors (Lipinski definition) is 2. The van der Waals surface area contributed by atoms with Gasteiger partial charge in [0, 0.05) is 23.9 Å². The summed E-state index contributed by atoms with van der Waals surface area (Å²) >= 11 is 7.06. The molecule has 0 bridgehead atoms. The van der Waals surface area contributed by atoms with E-state index in [-0.39, 0.29) is 0 Å². The van der Waals surface area contributed by atoms with E-state index in [0.717, 1.165) is 36.0 Å². The molecule has 1 aromatic heterocycles. The van der Waals surface area contributed by atoms with Crippen LogP contribution in [0.4, 0.5) is 0 Å². The summed E-state index contributed by atoms with van der Waals surface area (Å²) in [4.78, 5) is 0. The van der Waals surface area contributed by atoms with Crippen LogP contribution in [-0.4, -0.2) is 23.0 Å². The lowest BCUT2D eigenvalue weighted by Crippen LogP contribution is -2.20. The molecule has 1 aliphatic rings. The summed E-state index contributed by atoms with van der Waals surface area (Å²) in [6.07, 6.45) is 2.09. The molecule has 5 heteroatoms. The number of alkyl halides is 1. The van der Waals surface area contributed by atoms with Gasteiger partial charge in [-0.2, -0.15) is 5.10 Å². The lowest BCUT2D eigenvalue weighted by atomic mass is 10.1. The van der Waals surface area contributed by atoms with Gasteiger partial charge >= 0.3 is 0 Å². The first-order valence-corrected chi connectivity index (χ1v) is 8.01. The van der Waals surface area contributed by atoms with Crippen molar-refractivity contribution in [3.8, 4) is 0 Å². The minimum absolute atomic E-state index is 0.461. The zero-order valence-electron chi connectivity index (χ0n) is 9.90. The third-order valence-corrected chi connectivity index (χ3v) is 4.65. The van der Waals surface area contributed by atoms with Crippen molar-refractivity contribution in [1.29, 1.82) is 0 Å². The van der Waals surface area contributed by atoms with Crippen LogP contribution in [0.2, 0.25) is 0 Å². The van der Waals surface area contributed by atoms with Crippen molar-refractivity contribution >= 4 is 42.8 Å². The predicted octanol–water partition coefficient (Wildman–Crippen LogP) is 4.05. The second-order valence-corrected chi connectivity index (χ2v) is 5.88. The molecule has 1 aliphatic heterocycles. The van der Waals surface area contributed by atoms with E-state index >= 15 is 0 Å². The highest BCUT2D eigenvalue weighted by Crippen LogP contribution is 2.30. The van der Waals surface area contributed by atoms with Crippen molar-refractivity contribution in [3.05, 3.63) is 28.4 Å². The molecule has 0 N–H and O–H groups in total. The van der Waals surface area contributed by atoms with Gasteiger partial charge in [-0.1, -0.05) is 22.0 Å². The van der Waals surface area contributed by atoms with E-state index in [1.54, 1.807) is 0 Å². The van der Waals surface area contributed by atoms with Crippen molar-refractivity contribution in [2.24, 2.45) is 0 Å². The first-order chi connectivity index (χ1) is 8.79. The third-order valence-electron chi connectivity index (χ3n) is 3.42. The summed E-state index contributed by atoms with van der Waals surface area (Å²) in [5, 5.41) is 6.72. The number of fused-ring (bicyclic) bond motifs is 1. The van der Waals surface area contributed by atoms with Crippen LogP contribution in [0.5, 0.6) is 0 Å². The number of hydrogen-bond donors (Lipinski definition) is 0. The van der Waals surface area contributed by atoms with Crippen molar-refractivity contribution in [1.82, 2.24) is 9.78 Å². The van der Waals surface area contributed by atoms with Gasteiger partial charge in [-0.3, -0.25) is 4.68 Å². The zero-order chi connectivity index (χ0) is 12.5. The lowest BCUT2D eigenvalue weighted by Gasteiger charge is -2.23. The van der Waals surface area contributed by atoms with E-state index in [1.165, 1.54) is 16.5 Å². The van der Waals surface area contributed by atoms with Gasteiger partial charge in [0.05, 0.1) is 11.6 Å². The molecular weight excluding hydrogens is 360 g/mol. The van der Waals surface area contributed by atoms with Crippen LogP contribution in [0.15, 0.2) is 22.8 Å². The Kier molecular flexibility index (Phi) is 3.73. The summed E-state index contributed by atoms with van der Waals surface area (Å²) in [5.74, 6) is 0. The van der Waals surface area contributed by atoms with Crippen LogP contribution < -0.4 is 0 Å². The molecule has 2 aromatic rings. The molecule has 0 amide bonds. The first kappa shape index (κ1) is 12.6. The largest absolute Gasteiger partial charge is 0.381 e. The zero-order valence-corrected chi connectivity index (χ0v) is 13.1. The third kappa shape index (κ3) is 2.24. The predicted molar refractivity (Wildman–Crippen MR) is 79.2 cm³/mol. The molecule has 2 heterocycles. The van der Waals surface area contributed by atoms with Crippen molar-refractivity contribution < 1.29 is 4.74 Å². The lowest BCUT2D eigenvalue weighted by molar-refractivity contribution is 0.0674. The Bertz CT molecular complexity index is 561. The van der Waals surface area contributed by atoms with Gasteiger partial charge in [-0.25, -0.2) is 0 Å². The maximum Gasteiger partial charge on any atom is 0.136 e. The Hall–Kier alpha value is -0.390. The van der Waals surface area contributed by atoms with Gasteiger partial charge in [0.1, 0.15) is 4.60 Å². The normalized spacial score (nSPS) is 17.4. The van der Waals surface area contributed by atoms with Crippen LogP contribution in [0, 0.1) is 0 Å². The van der Waals surface area contributed by atoms with Gasteiger partial charge in [0.15, 0.2) is 0 Å². The quantitative estimate of drug-likeness (QED) is 0.742. The summed E-state index contributed by atoms with van der Waals surface area (Å²) in [6.45, 7) is 1.67. The van der Waals surface area contributed by atoms with E-state index in [2.05, 4.69) is 59.8 Å².